The monoisotopic (exact) mass is 472 g/mol. The number of nitrogens with zero attached hydrogens (tertiary/aromatic N) is 2. The van der Waals surface area contributed by atoms with Crippen molar-refractivity contribution in [3.05, 3.63) is 16.0 Å². The van der Waals surface area contributed by atoms with Crippen LogP contribution in [0.5, 0.6) is 0 Å². The van der Waals surface area contributed by atoms with Crippen molar-refractivity contribution in [2.45, 2.75) is 38.1 Å². The number of likely N-dealkylation sites (N-methyl/N-ethyl adjacent to an activating group) is 1. The van der Waals surface area contributed by atoms with Crippen LogP contribution in [-0.2, 0) is 32.4 Å². The Balaban J connectivity index is 1.66. The van der Waals surface area contributed by atoms with Crippen LogP contribution in [0, 0.1) is 0 Å². The molecule has 31 heavy (non-hydrogen) atoms. The van der Waals surface area contributed by atoms with Crippen LogP contribution in [-0.4, -0.2) is 88.7 Å². The average Bonchev–Trinajstić information content (AvgIpc) is 3.32. The van der Waals surface area contributed by atoms with Gasteiger partial charge >= 0.3 is 0 Å². The molecule has 3 rings (SSSR count). The van der Waals surface area contributed by atoms with Crippen molar-refractivity contribution in [2.24, 2.45) is 0 Å². The van der Waals surface area contributed by atoms with E-state index < -0.39 is 10.0 Å². The number of thiophene rings is 1. The lowest BCUT2D eigenvalue weighted by molar-refractivity contribution is -0.117. The number of fused-ring (bicyclic) bond motifs is 1. The molecule has 1 fully saturated rings. The summed E-state index contributed by atoms with van der Waals surface area (Å²) >= 11 is 1.49. The third-order valence-electron chi connectivity index (χ3n) is 5.85. The fraction of sp³-hybridized carbons (Fsp3) is 0.700. The van der Waals surface area contributed by atoms with E-state index in [-0.39, 0.29) is 24.4 Å². The lowest BCUT2D eigenvalue weighted by Crippen LogP contribution is -2.40. The normalized spacial score (nSPS) is 19.4. The van der Waals surface area contributed by atoms with E-state index >= 15 is 0 Å². The molecule has 1 aromatic rings. The minimum Gasteiger partial charge on any atom is -0.383 e. The fourth-order valence-corrected chi connectivity index (χ4v) is 6.33. The number of anilines is 1. The number of sulfonamides is 1. The van der Waals surface area contributed by atoms with Crippen LogP contribution in [0.25, 0.3) is 0 Å². The molecule has 9 nitrogen and oxygen atoms in total. The van der Waals surface area contributed by atoms with E-state index in [4.69, 9.17) is 4.74 Å². The Morgan fingerprint density at radius 1 is 1.29 bits per heavy atom. The molecular weight excluding hydrogens is 440 g/mol. The van der Waals surface area contributed by atoms with Crippen LogP contribution in [0.1, 0.15) is 40.1 Å². The van der Waals surface area contributed by atoms with Gasteiger partial charge in [-0.1, -0.05) is 0 Å². The zero-order chi connectivity index (χ0) is 22.6. The fourth-order valence-electron chi connectivity index (χ4n) is 4.14. The Labute approximate surface area is 188 Å². The zero-order valence-electron chi connectivity index (χ0n) is 18.4. The van der Waals surface area contributed by atoms with Crippen LogP contribution in [0.15, 0.2) is 0 Å². The first-order valence-electron chi connectivity index (χ1n) is 10.6. The largest absolute Gasteiger partial charge is 0.383 e. The third-order valence-corrected chi connectivity index (χ3v) is 8.33. The van der Waals surface area contributed by atoms with Crippen LogP contribution in [0.3, 0.4) is 0 Å². The molecule has 0 radical (unpaired) electrons. The summed E-state index contributed by atoms with van der Waals surface area (Å²) in [6.07, 6.45) is 5.80. The molecule has 1 saturated heterocycles. The maximum Gasteiger partial charge on any atom is 0.254 e. The van der Waals surface area contributed by atoms with Gasteiger partial charge in [0.2, 0.25) is 15.9 Å². The number of carbonyl (C=O) groups excluding carboxylic acids is 2. The number of nitrogens with one attached hydrogen (secondary N) is 2. The Kier molecular flexibility index (Phi) is 8.08. The molecule has 1 aliphatic heterocycles. The van der Waals surface area contributed by atoms with Gasteiger partial charge in [-0.05, 0) is 44.7 Å². The van der Waals surface area contributed by atoms with E-state index in [0.717, 1.165) is 31.2 Å². The van der Waals surface area contributed by atoms with E-state index in [1.54, 1.807) is 7.11 Å². The Morgan fingerprint density at radius 3 is 2.71 bits per heavy atom. The van der Waals surface area contributed by atoms with Crippen molar-refractivity contribution >= 4 is 38.2 Å². The maximum absolute atomic E-state index is 12.8. The predicted molar refractivity (Wildman–Crippen MR) is 121 cm³/mol. The van der Waals surface area contributed by atoms with Crippen LogP contribution in [0.4, 0.5) is 5.00 Å². The van der Waals surface area contributed by atoms with Gasteiger partial charge in [0.1, 0.15) is 5.00 Å². The summed E-state index contributed by atoms with van der Waals surface area (Å²) in [6, 6.07) is -0.00571. The molecule has 1 unspecified atom stereocenters. The summed E-state index contributed by atoms with van der Waals surface area (Å²) < 4.78 is 29.9. The Hall–Kier alpha value is -1.53. The van der Waals surface area contributed by atoms with Gasteiger partial charge in [0, 0.05) is 37.7 Å². The Morgan fingerprint density at radius 2 is 2.03 bits per heavy atom. The lowest BCUT2D eigenvalue weighted by Gasteiger charge is -2.23. The third kappa shape index (κ3) is 6.04. The van der Waals surface area contributed by atoms with Gasteiger partial charge in [-0.15, -0.1) is 11.3 Å². The van der Waals surface area contributed by atoms with Crippen LogP contribution >= 0.6 is 11.3 Å². The SMILES string of the molecule is COCCNC(=O)c1c(NC(=O)CN(C)C2CCN(S(C)(=O)=O)C2)sc2c1CCCC2. The van der Waals surface area contributed by atoms with Gasteiger partial charge < -0.3 is 15.4 Å². The standard InChI is InChI=1S/C20H32N4O5S2/c1-23(14-8-10-24(12-14)31(3,27)28)13-17(25)22-20-18(19(26)21-9-11-29-2)15-6-4-5-7-16(15)30-20/h14H,4-13H2,1-3H3,(H,21,26)(H,22,25). The van der Waals surface area contributed by atoms with Crippen molar-refractivity contribution in [3.63, 3.8) is 0 Å². The zero-order valence-corrected chi connectivity index (χ0v) is 20.0. The number of hydrogen-bond donors (Lipinski definition) is 2. The second-order valence-corrected chi connectivity index (χ2v) is 11.3. The maximum atomic E-state index is 12.8. The topological polar surface area (TPSA) is 108 Å². The molecule has 2 amide bonds. The first kappa shape index (κ1) is 24.1. The van der Waals surface area contributed by atoms with Crippen LogP contribution in [0.2, 0.25) is 0 Å². The van der Waals surface area contributed by atoms with Crippen molar-refractivity contribution in [1.82, 2.24) is 14.5 Å². The summed E-state index contributed by atoms with van der Waals surface area (Å²) in [6.45, 7) is 1.84. The van der Waals surface area contributed by atoms with Crippen molar-refractivity contribution < 1.29 is 22.7 Å². The summed E-state index contributed by atoms with van der Waals surface area (Å²) in [5.74, 6) is -0.385. The molecule has 1 atom stereocenters. The van der Waals surface area contributed by atoms with E-state index in [9.17, 15) is 18.0 Å². The Bertz CT molecular complexity index is 915. The molecule has 2 N–H and O–H groups in total. The van der Waals surface area contributed by atoms with Gasteiger partial charge in [-0.3, -0.25) is 14.5 Å². The minimum atomic E-state index is -3.22. The van der Waals surface area contributed by atoms with E-state index in [1.807, 2.05) is 11.9 Å². The average molecular weight is 473 g/mol. The van der Waals surface area contributed by atoms with E-state index in [1.165, 1.54) is 26.8 Å². The number of hydrogen-bond acceptors (Lipinski definition) is 7. The molecule has 174 valence electrons. The van der Waals surface area contributed by atoms with Gasteiger partial charge in [0.15, 0.2) is 0 Å². The molecule has 0 aromatic carbocycles. The van der Waals surface area contributed by atoms with Gasteiger partial charge in [0.05, 0.1) is 25.0 Å². The number of carbonyl (C=O) groups is 2. The summed E-state index contributed by atoms with van der Waals surface area (Å²) in [5, 5.41) is 6.42. The number of ether oxygens (including phenoxy) is 1. The van der Waals surface area contributed by atoms with Crippen LogP contribution < -0.4 is 10.6 Å². The van der Waals surface area contributed by atoms with Crippen molar-refractivity contribution in [1.29, 1.82) is 0 Å². The molecule has 0 bridgehead atoms. The van der Waals surface area contributed by atoms with E-state index in [2.05, 4.69) is 10.6 Å². The first-order chi connectivity index (χ1) is 14.7. The van der Waals surface area contributed by atoms with Gasteiger partial charge in [-0.2, -0.15) is 0 Å². The molecule has 1 aliphatic carbocycles. The van der Waals surface area contributed by atoms with E-state index in [0.29, 0.717) is 43.2 Å². The molecule has 2 aliphatic rings. The molecule has 2 heterocycles. The molecule has 0 saturated carbocycles. The molecular formula is C20H32N4O5S2. The molecule has 0 spiro atoms. The highest BCUT2D eigenvalue weighted by atomic mass is 32.2. The number of amides is 2. The second kappa shape index (κ2) is 10.4. The smallest absolute Gasteiger partial charge is 0.254 e. The molecule has 11 heteroatoms. The highest BCUT2D eigenvalue weighted by molar-refractivity contribution is 7.88. The van der Waals surface area contributed by atoms with Crippen molar-refractivity contribution in [3.8, 4) is 0 Å². The summed E-state index contributed by atoms with van der Waals surface area (Å²) in [5.41, 5.74) is 1.63. The summed E-state index contributed by atoms with van der Waals surface area (Å²) in [4.78, 5) is 28.7. The number of methoxy groups -OCH3 is 1. The predicted octanol–water partition coefficient (Wildman–Crippen LogP) is 0.907. The van der Waals surface area contributed by atoms with Gasteiger partial charge in [0.25, 0.3) is 5.91 Å². The minimum absolute atomic E-state index is 0.00571. The second-order valence-electron chi connectivity index (χ2n) is 8.19. The summed E-state index contributed by atoms with van der Waals surface area (Å²) in [7, 11) is 0.192. The lowest BCUT2D eigenvalue weighted by atomic mass is 9.95. The highest BCUT2D eigenvalue weighted by Crippen LogP contribution is 2.38. The highest BCUT2D eigenvalue weighted by Gasteiger charge is 2.32. The number of rotatable bonds is 9. The quantitative estimate of drug-likeness (QED) is 0.517. The first-order valence-corrected chi connectivity index (χ1v) is 13.2. The number of aryl methyl sites for hydroxylation is 1. The van der Waals surface area contributed by atoms with Gasteiger partial charge in [-0.25, -0.2) is 12.7 Å². The van der Waals surface area contributed by atoms with Crippen molar-refractivity contribution in [2.75, 3.05) is 58.5 Å². The molecule has 1 aromatic heterocycles.